The molecule has 0 bridgehead atoms. The Morgan fingerprint density at radius 2 is 2.00 bits per heavy atom. The van der Waals surface area contributed by atoms with Crippen LogP contribution in [0.15, 0.2) is 60.9 Å². The number of anilines is 1. The fraction of sp³-hybridized carbons (Fsp3) is 0.0526. The Hall–Kier alpha value is -3.41. The standard InChI is InChI=1S/C19H15FN4O/c20-12-4-5-17(25)16(9-12)15-10-18(24-19-14(15)6-8-22-19)23-11-13-3-1-2-7-21-13/h1-10,25H,11H2,(H2,22,23,24). The van der Waals surface area contributed by atoms with Crippen LogP contribution in [0.1, 0.15) is 5.69 Å². The summed E-state index contributed by atoms with van der Waals surface area (Å²) in [7, 11) is 0. The molecular formula is C19H15FN4O. The molecule has 6 heteroatoms. The van der Waals surface area contributed by atoms with Gasteiger partial charge in [0.05, 0.1) is 12.2 Å². The van der Waals surface area contributed by atoms with Gasteiger partial charge in [-0.3, -0.25) is 4.98 Å². The molecule has 0 atom stereocenters. The lowest BCUT2D eigenvalue weighted by Gasteiger charge is -2.11. The Morgan fingerprint density at radius 3 is 2.84 bits per heavy atom. The van der Waals surface area contributed by atoms with Gasteiger partial charge in [0, 0.05) is 28.9 Å². The van der Waals surface area contributed by atoms with Crippen molar-refractivity contribution in [2.75, 3.05) is 5.32 Å². The molecule has 25 heavy (non-hydrogen) atoms. The van der Waals surface area contributed by atoms with Gasteiger partial charge in [-0.2, -0.15) is 0 Å². The van der Waals surface area contributed by atoms with Gasteiger partial charge in [-0.25, -0.2) is 9.37 Å². The third-order valence-electron chi connectivity index (χ3n) is 3.95. The number of phenolic OH excluding ortho intramolecular Hbond substituents is 1. The smallest absolute Gasteiger partial charge is 0.140 e. The normalized spacial score (nSPS) is 10.9. The van der Waals surface area contributed by atoms with Gasteiger partial charge in [0.15, 0.2) is 0 Å². The van der Waals surface area contributed by atoms with Crippen LogP contribution in [0.25, 0.3) is 22.2 Å². The number of aromatic nitrogens is 3. The van der Waals surface area contributed by atoms with Crippen LogP contribution < -0.4 is 5.32 Å². The summed E-state index contributed by atoms with van der Waals surface area (Å²) in [6.07, 6.45) is 3.49. The lowest BCUT2D eigenvalue weighted by Crippen LogP contribution is -2.03. The number of nitrogens with one attached hydrogen (secondary N) is 2. The average Bonchev–Trinajstić information content (AvgIpc) is 3.11. The summed E-state index contributed by atoms with van der Waals surface area (Å²) < 4.78 is 13.7. The number of H-pyrrole nitrogens is 1. The number of aromatic hydroxyl groups is 1. The van der Waals surface area contributed by atoms with Crippen molar-refractivity contribution < 1.29 is 9.50 Å². The van der Waals surface area contributed by atoms with E-state index in [4.69, 9.17) is 0 Å². The Balaban J connectivity index is 1.76. The van der Waals surface area contributed by atoms with Crippen molar-refractivity contribution in [3.05, 3.63) is 72.4 Å². The van der Waals surface area contributed by atoms with Crippen molar-refractivity contribution in [2.45, 2.75) is 6.54 Å². The third-order valence-corrected chi connectivity index (χ3v) is 3.95. The maximum atomic E-state index is 13.7. The Bertz CT molecular complexity index is 1030. The van der Waals surface area contributed by atoms with Gasteiger partial charge in [0.2, 0.25) is 0 Å². The Labute approximate surface area is 143 Å². The molecular weight excluding hydrogens is 319 g/mol. The van der Waals surface area contributed by atoms with Crippen LogP contribution in [0.4, 0.5) is 10.2 Å². The highest BCUT2D eigenvalue weighted by molar-refractivity contribution is 5.96. The predicted molar refractivity (Wildman–Crippen MR) is 94.7 cm³/mol. The maximum absolute atomic E-state index is 13.7. The first-order chi connectivity index (χ1) is 12.2. The number of hydrogen-bond donors (Lipinski definition) is 3. The number of phenols is 1. The monoisotopic (exact) mass is 334 g/mol. The van der Waals surface area contributed by atoms with Crippen LogP contribution in [-0.2, 0) is 6.54 Å². The largest absolute Gasteiger partial charge is 0.507 e. The summed E-state index contributed by atoms with van der Waals surface area (Å²) >= 11 is 0. The molecule has 4 aromatic rings. The fourth-order valence-electron chi connectivity index (χ4n) is 2.76. The number of aromatic amines is 1. The van der Waals surface area contributed by atoms with Gasteiger partial charge in [0.25, 0.3) is 0 Å². The van der Waals surface area contributed by atoms with Gasteiger partial charge in [0.1, 0.15) is 23.0 Å². The van der Waals surface area contributed by atoms with Gasteiger partial charge in [-0.05, 0) is 42.5 Å². The summed E-state index contributed by atoms with van der Waals surface area (Å²) in [4.78, 5) is 11.8. The number of hydrogen-bond acceptors (Lipinski definition) is 4. The van der Waals surface area contributed by atoms with E-state index in [1.807, 2.05) is 24.3 Å². The van der Waals surface area contributed by atoms with Crippen molar-refractivity contribution in [2.24, 2.45) is 0 Å². The lowest BCUT2D eigenvalue weighted by atomic mass is 10.0. The van der Waals surface area contributed by atoms with E-state index in [1.165, 1.54) is 18.2 Å². The Morgan fingerprint density at radius 1 is 1.08 bits per heavy atom. The summed E-state index contributed by atoms with van der Waals surface area (Å²) in [6, 6.07) is 13.2. The van der Waals surface area contributed by atoms with Crippen LogP contribution in [-0.4, -0.2) is 20.1 Å². The number of fused-ring (bicyclic) bond motifs is 1. The Kier molecular flexibility index (Phi) is 3.78. The highest BCUT2D eigenvalue weighted by Crippen LogP contribution is 2.35. The van der Waals surface area contributed by atoms with E-state index >= 15 is 0 Å². The topological polar surface area (TPSA) is 73.8 Å². The van der Waals surface area contributed by atoms with Crippen molar-refractivity contribution in [1.29, 1.82) is 0 Å². The number of nitrogens with zero attached hydrogens (tertiary/aromatic N) is 2. The molecule has 3 aromatic heterocycles. The molecule has 0 fully saturated rings. The van der Waals surface area contributed by atoms with Crippen molar-refractivity contribution in [1.82, 2.24) is 15.0 Å². The van der Waals surface area contributed by atoms with Crippen LogP contribution in [0.2, 0.25) is 0 Å². The van der Waals surface area contributed by atoms with E-state index in [0.717, 1.165) is 11.1 Å². The zero-order valence-corrected chi connectivity index (χ0v) is 13.2. The van der Waals surface area contributed by atoms with Gasteiger partial charge in [-0.1, -0.05) is 6.07 Å². The SMILES string of the molecule is Oc1ccc(F)cc1-c1cc(NCc2ccccn2)nc2[nH]ccc12. The molecule has 0 saturated heterocycles. The molecule has 0 radical (unpaired) electrons. The van der Waals surface area contributed by atoms with E-state index < -0.39 is 5.82 Å². The lowest BCUT2D eigenvalue weighted by molar-refractivity contribution is 0.475. The minimum atomic E-state index is -0.406. The van der Waals surface area contributed by atoms with Gasteiger partial charge < -0.3 is 15.4 Å². The second-order valence-corrected chi connectivity index (χ2v) is 5.63. The van der Waals surface area contributed by atoms with Gasteiger partial charge >= 0.3 is 0 Å². The van der Waals surface area contributed by atoms with Crippen LogP contribution in [0, 0.1) is 5.82 Å². The molecule has 0 aliphatic carbocycles. The highest BCUT2D eigenvalue weighted by Gasteiger charge is 2.13. The van der Waals surface area contributed by atoms with E-state index in [9.17, 15) is 9.50 Å². The second-order valence-electron chi connectivity index (χ2n) is 5.63. The summed E-state index contributed by atoms with van der Waals surface area (Å²) in [5.41, 5.74) is 2.66. The molecule has 4 rings (SSSR count). The van der Waals surface area contributed by atoms with Gasteiger partial charge in [-0.15, -0.1) is 0 Å². The second kappa shape index (κ2) is 6.24. The summed E-state index contributed by atoms with van der Waals surface area (Å²) in [5.74, 6) is 0.223. The van der Waals surface area contributed by atoms with E-state index in [-0.39, 0.29) is 5.75 Å². The van der Waals surface area contributed by atoms with Crippen molar-refractivity contribution in [3.63, 3.8) is 0 Å². The number of pyridine rings is 2. The number of rotatable bonds is 4. The summed E-state index contributed by atoms with van der Waals surface area (Å²) in [6.45, 7) is 0.509. The predicted octanol–water partition coefficient (Wildman–Crippen LogP) is 4.08. The van der Waals surface area contributed by atoms with Crippen LogP contribution >= 0.6 is 0 Å². The quantitative estimate of drug-likeness (QED) is 0.526. The molecule has 0 aliphatic heterocycles. The molecule has 5 nitrogen and oxygen atoms in total. The van der Waals surface area contributed by atoms with Crippen molar-refractivity contribution in [3.8, 4) is 16.9 Å². The minimum absolute atomic E-state index is 0.0192. The maximum Gasteiger partial charge on any atom is 0.140 e. The zero-order chi connectivity index (χ0) is 17.2. The molecule has 3 heterocycles. The molecule has 3 N–H and O–H groups in total. The molecule has 0 spiro atoms. The molecule has 0 unspecified atom stereocenters. The first-order valence-corrected chi connectivity index (χ1v) is 7.81. The average molecular weight is 334 g/mol. The minimum Gasteiger partial charge on any atom is -0.507 e. The molecule has 124 valence electrons. The van der Waals surface area contributed by atoms with Crippen LogP contribution in [0.5, 0.6) is 5.75 Å². The number of benzene rings is 1. The first-order valence-electron chi connectivity index (χ1n) is 7.81. The molecule has 0 aliphatic rings. The van der Waals surface area contributed by atoms with E-state index in [0.29, 0.717) is 29.1 Å². The molecule has 1 aromatic carbocycles. The highest BCUT2D eigenvalue weighted by atomic mass is 19.1. The van der Waals surface area contributed by atoms with Crippen molar-refractivity contribution >= 4 is 16.9 Å². The fourth-order valence-corrected chi connectivity index (χ4v) is 2.76. The van der Waals surface area contributed by atoms with E-state index in [2.05, 4.69) is 20.3 Å². The van der Waals surface area contributed by atoms with Crippen LogP contribution in [0.3, 0.4) is 0 Å². The third kappa shape index (κ3) is 3.01. The first kappa shape index (κ1) is 15.1. The zero-order valence-electron chi connectivity index (χ0n) is 13.2. The molecule has 0 amide bonds. The molecule has 0 saturated carbocycles. The number of halogens is 1. The van der Waals surface area contributed by atoms with E-state index in [1.54, 1.807) is 18.5 Å². The summed E-state index contributed by atoms with van der Waals surface area (Å²) in [5, 5.41) is 14.2.